The highest BCUT2D eigenvalue weighted by atomic mass is 16.1. The Labute approximate surface area is 311 Å². The fraction of sp³-hybridized carbons (Fsp3) is 0. The van der Waals surface area contributed by atoms with Crippen molar-refractivity contribution in [3.8, 4) is 66.8 Å². The van der Waals surface area contributed by atoms with Crippen LogP contribution in [-0.4, -0.2) is 37.7 Å². The van der Waals surface area contributed by atoms with E-state index in [1.54, 1.807) is 36.4 Å². The molecule has 0 unspecified atom stereocenters. The van der Waals surface area contributed by atoms with Crippen LogP contribution < -0.4 is 0 Å². The van der Waals surface area contributed by atoms with Gasteiger partial charge in [0, 0.05) is 38.9 Å². The Morgan fingerprint density at radius 1 is 0.259 bits per heavy atom. The monoisotopic (exact) mass is 702 g/mol. The summed E-state index contributed by atoms with van der Waals surface area (Å²) in [5.74, 6) is 0. The molecule has 0 aliphatic heterocycles. The lowest BCUT2D eigenvalue weighted by atomic mass is 9.82. The number of hydrogen-bond acceptors (Lipinski definition) is 6. The third-order valence-corrected chi connectivity index (χ3v) is 9.39. The molecule has 0 radical (unpaired) electrons. The van der Waals surface area contributed by atoms with Gasteiger partial charge in [0.1, 0.15) is 25.1 Å². The highest BCUT2D eigenvalue weighted by Crippen LogP contribution is 2.45. The number of rotatable bonds is 12. The maximum absolute atomic E-state index is 12.8. The molecule has 258 valence electrons. The predicted molar refractivity (Wildman–Crippen MR) is 211 cm³/mol. The molecule has 0 aromatic heterocycles. The van der Waals surface area contributed by atoms with Gasteiger partial charge < -0.3 is 0 Å². The molecule has 0 amide bonds. The van der Waals surface area contributed by atoms with E-state index in [0.29, 0.717) is 80.8 Å². The Kier molecular flexibility index (Phi) is 10.00. The Morgan fingerprint density at radius 2 is 0.630 bits per heavy atom. The number of hydrogen-bond donors (Lipinski definition) is 0. The van der Waals surface area contributed by atoms with E-state index in [1.165, 1.54) is 12.1 Å². The summed E-state index contributed by atoms with van der Waals surface area (Å²) in [6, 6.07) is 44.1. The van der Waals surface area contributed by atoms with Gasteiger partial charge in [0.15, 0.2) is 12.6 Å². The smallest absolute Gasteiger partial charge is 0.150 e. The van der Waals surface area contributed by atoms with Gasteiger partial charge in [-0.05, 0) is 122 Å². The molecule has 0 N–H and O–H groups in total. The van der Waals surface area contributed by atoms with Gasteiger partial charge in [-0.25, -0.2) is 0 Å². The molecule has 0 heterocycles. The van der Waals surface area contributed by atoms with Gasteiger partial charge in [-0.15, -0.1) is 0 Å². The largest absolute Gasteiger partial charge is 0.298 e. The second kappa shape index (κ2) is 15.4. The van der Waals surface area contributed by atoms with E-state index < -0.39 is 0 Å². The van der Waals surface area contributed by atoms with Crippen LogP contribution in [-0.2, 0) is 0 Å². The molecular formula is C48H30O6. The normalized spacial score (nSPS) is 10.7. The summed E-state index contributed by atoms with van der Waals surface area (Å²) >= 11 is 0. The van der Waals surface area contributed by atoms with Crippen LogP contribution in [0.3, 0.4) is 0 Å². The Bertz CT molecular complexity index is 2510. The molecule has 6 heteroatoms. The molecular weight excluding hydrogens is 673 g/mol. The van der Waals surface area contributed by atoms with Crippen molar-refractivity contribution in [1.29, 1.82) is 0 Å². The van der Waals surface area contributed by atoms with E-state index in [0.717, 1.165) is 57.1 Å². The van der Waals surface area contributed by atoms with Crippen LogP contribution in [0.1, 0.15) is 62.1 Å². The van der Waals surface area contributed by atoms with Crippen molar-refractivity contribution >= 4 is 37.7 Å². The summed E-state index contributed by atoms with van der Waals surface area (Å²) in [6.07, 6.45) is 4.33. The molecule has 7 aromatic carbocycles. The summed E-state index contributed by atoms with van der Waals surface area (Å²) in [4.78, 5) is 72.7. The third-order valence-electron chi connectivity index (χ3n) is 9.39. The Balaban J connectivity index is 1.54. The Morgan fingerprint density at radius 3 is 1.06 bits per heavy atom. The van der Waals surface area contributed by atoms with Crippen LogP contribution in [0.15, 0.2) is 146 Å². The van der Waals surface area contributed by atoms with E-state index in [4.69, 9.17) is 0 Å². The minimum absolute atomic E-state index is 0.348. The van der Waals surface area contributed by atoms with Gasteiger partial charge in [0.25, 0.3) is 0 Å². The van der Waals surface area contributed by atoms with Crippen molar-refractivity contribution in [2.24, 2.45) is 0 Å². The molecule has 6 nitrogen and oxygen atoms in total. The lowest BCUT2D eigenvalue weighted by Gasteiger charge is -2.21. The van der Waals surface area contributed by atoms with Crippen LogP contribution in [0.25, 0.3) is 66.8 Å². The van der Waals surface area contributed by atoms with E-state index in [9.17, 15) is 28.8 Å². The van der Waals surface area contributed by atoms with Crippen LogP contribution in [0.2, 0.25) is 0 Å². The second-order valence-corrected chi connectivity index (χ2v) is 12.8. The highest BCUT2D eigenvalue weighted by Gasteiger charge is 2.21. The number of carbonyl (C=O) groups is 6. The fourth-order valence-electron chi connectivity index (χ4n) is 6.95. The maximum atomic E-state index is 12.8. The molecule has 0 aliphatic carbocycles. The molecule has 7 rings (SSSR count). The van der Waals surface area contributed by atoms with Crippen molar-refractivity contribution in [3.63, 3.8) is 0 Å². The van der Waals surface area contributed by atoms with Gasteiger partial charge >= 0.3 is 0 Å². The van der Waals surface area contributed by atoms with Crippen LogP contribution >= 0.6 is 0 Å². The first kappa shape index (κ1) is 35.0. The topological polar surface area (TPSA) is 102 Å². The first-order valence-electron chi connectivity index (χ1n) is 17.1. The van der Waals surface area contributed by atoms with Crippen LogP contribution in [0.4, 0.5) is 0 Å². The van der Waals surface area contributed by atoms with Gasteiger partial charge in [-0.1, -0.05) is 84.9 Å². The average molecular weight is 703 g/mol. The van der Waals surface area contributed by atoms with E-state index in [2.05, 4.69) is 0 Å². The minimum Gasteiger partial charge on any atom is -0.298 e. The first-order chi connectivity index (χ1) is 26.5. The quantitative estimate of drug-likeness (QED) is 0.117. The Hall–Kier alpha value is -7.44. The standard InChI is InChI=1S/C48H30O6/c49-25-31-15-32(26-50)18-39(17-31)35-11-13-37(14-12-35)46-24-41(40-19-33(27-51)16-34(20-40)28-52)23-45(36-7-3-1-4-8-36)48(46)42-21-43(29-53)47(44(22-42)30-54)38-9-5-2-6-10-38/h1-30H. The van der Waals surface area contributed by atoms with Gasteiger partial charge in [0.05, 0.1) is 0 Å². The maximum Gasteiger partial charge on any atom is 0.150 e. The summed E-state index contributed by atoms with van der Waals surface area (Å²) in [7, 11) is 0. The van der Waals surface area contributed by atoms with Crippen molar-refractivity contribution in [3.05, 3.63) is 179 Å². The fourth-order valence-corrected chi connectivity index (χ4v) is 6.95. The number of benzene rings is 7. The van der Waals surface area contributed by atoms with E-state index in [-0.39, 0.29) is 0 Å². The van der Waals surface area contributed by atoms with Crippen LogP contribution in [0, 0.1) is 0 Å². The molecule has 54 heavy (non-hydrogen) atoms. The predicted octanol–water partition coefficient (Wildman–Crippen LogP) is 10.6. The summed E-state index contributed by atoms with van der Waals surface area (Å²) in [5.41, 5.74) is 10.8. The second-order valence-electron chi connectivity index (χ2n) is 12.8. The molecule has 0 aliphatic rings. The van der Waals surface area contributed by atoms with Crippen molar-refractivity contribution in [2.45, 2.75) is 0 Å². The van der Waals surface area contributed by atoms with Crippen molar-refractivity contribution in [2.75, 3.05) is 0 Å². The summed E-state index contributed by atoms with van der Waals surface area (Å²) in [6.45, 7) is 0. The highest BCUT2D eigenvalue weighted by molar-refractivity contribution is 6.04. The van der Waals surface area contributed by atoms with Gasteiger partial charge in [0.2, 0.25) is 0 Å². The number of carbonyl (C=O) groups excluding carboxylic acids is 6. The zero-order valence-electron chi connectivity index (χ0n) is 28.8. The zero-order valence-corrected chi connectivity index (χ0v) is 28.8. The lowest BCUT2D eigenvalue weighted by Crippen LogP contribution is -1.99. The first-order valence-corrected chi connectivity index (χ1v) is 17.1. The minimum atomic E-state index is 0.348. The average Bonchev–Trinajstić information content (AvgIpc) is 3.25. The third kappa shape index (κ3) is 6.92. The SMILES string of the molecule is O=Cc1cc(C=O)cc(-c2ccc(-c3cc(-c4cc(C=O)cc(C=O)c4)cc(-c4ccccc4)c3-c3cc(C=O)c(-c4ccccc4)c(C=O)c3)cc2)c1. The van der Waals surface area contributed by atoms with Crippen molar-refractivity contribution in [1.82, 2.24) is 0 Å². The van der Waals surface area contributed by atoms with Crippen LogP contribution in [0.5, 0.6) is 0 Å². The summed E-state index contributed by atoms with van der Waals surface area (Å²) < 4.78 is 0. The molecule has 0 atom stereocenters. The van der Waals surface area contributed by atoms with Gasteiger partial charge in [-0.3, -0.25) is 28.8 Å². The molecule has 0 fully saturated rings. The summed E-state index contributed by atoms with van der Waals surface area (Å²) in [5, 5.41) is 0. The molecule has 0 bridgehead atoms. The molecule has 7 aromatic rings. The molecule has 0 saturated carbocycles. The van der Waals surface area contributed by atoms with E-state index in [1.807, 2.05) is 97.1 Å². The molecule has 0 spiro atoms. The number of aldehydes is 6. The van der Waals surface area contributed by atoms with E-state index >= 15 is 0 Å². The lowest BCUT2D eigenvalue weighted by molar-refractivity contribution is 0.111. The molecule has 0 saturated heterocycles. The van der Waals surface area contributed by atoms with Gasteiger partial charge in [-0.2, -0.15) is 0 Å². The van der Waals surface area contributed by atoms with Crippen molar-refractivity contribution < 1.29 is 28.8 Å². The zero-order chi connectivity index (χ0) is 37.6.